The van der Waals surface area contributed by atoms with Crippen LogP contribution in [0.1, 0.15) is 37.4 Å². The number of methoxy groups -OCH3 is 1. The molecule has 186 valence electrons. The van der Waals surface area contributed by atoms with Crippen molar-refractivity contribution in [1.29, 1.82) is 0 Å². The lowest BCUT2D eigenvalue weighted by atomic mass is 9.95. The van der Waals surface area contributed by atoms with Gasteiger partial charge in [-0.1, -0.05) is 26.0 Å². The zero-order valence-electron chi connectivity index (χ0n) is 20.5. The maximum atomic E-state index is 13.2. The van der Waals surface area contributed by atoms with Crippen LogP contribution >= 0.6 is 0 Å². The van der Waals surface area contributed by atoms with Gasteiger partial charge < -0.3 is 29.1 Å². The van der Waals surface area contributed by atoms with Gasteiger partial charge in [0.2, 0.25) is 0 Å². The van der Waals surface area contributed by atoms with Gasteiger partial charge in [0.05, 0.1) is 18.7 Å². The lowest BCUT2D eigenvalue weighted by Crippen LogP contribution is -2.33. The number of ketones is 1. The van der Waals surface area contributed by atoms with Crippen LogP contribution in [0, 0.1) is 0 Å². The molecule has 8 heteroatoms. The summed E-state index contributed by atoms with van der Waals surface area (Å²) in [7, 11) is 1.58. The van der Waals surface area contributed by atoms with Gasteiger partial charge in [-0.15, -0.1) is 0 Å². The van der Waals surface area contributed by atoms with E-state index in [1.54, 1.807) is 42.3 Å². The lowest BCUT2D eigenvalue weighted by molar-refractivity contribution is -0.140. The van der Waals surface area contributed by atoms with Crippen LogP contribution in [0.25, 0.3) is 5.76 Å². The number of aliphatic hydroxyl groups is 1. The molecule has 0 spiro atoms. The SMILES string of the molecule is CCN(CC)CCCN1C(=O)C(=O)C(=C(O)c2ccc3c(c2)OCCO3)[C@@H]1c1ccc(OC)cc1. The van der Waals surface area contributed by atoms with Gasteiger partial charge in [-0.2, -0.15) is 0 Å². The van der Waals surface area contributed by atoms with E-state index < -0.39 is 17.7 Å². The minimum absolute atomic E-state index is 0.0692. The fourth-order valence-corrected chi connectivity index (χ4v) is 4.59. The molecule has 0 aliphatic carbocycles. The summed E-state index contributed by atoms with van der Waals surface area (Å²) in [5.41, 5.74) is 1.19. The van der Waals surface area contributed by atoms with Crippen LogP contribution in [-0.4, -0.2) is 73.1 Å². The molecule has 0 radical (unpaired) electrons. The summed E-state index contributed by atoms with van der Waals surface area (Å²) < 4.78 is 16.5. The number of carbonyl (C=O) groups excluding carboxylic acids is 2. The Bertz CT molecular complexity index is 1110. The number of hydrogen-bond donors (Lipinski definition) is 1. The Balaban J connectivity index is 1.73. The van der Waals surface area contributed by atoms with E-state index in [0.29, 0.717) is 49.0 Å². The van der Waals surface area contributed by atoms with Crippen molar-refractivity contribution in [2.24, 2.45) is 0 Å². The number of likely N-dealkylation sites (tertiary alicyclic amines) is 1. The molecule has 1 atom stereocenters. The number of carbonyl (C=O) groups is 2. The molecule has 2 heterocycles. The highest BCUT2D eigenvalue weighted by Crippen LogP contribution is 2.41. The Morgan fingerprint density at radius 2 is 1.74 bits per heavy atom. The van der Waals surface area contributed by atoms with E-state index in [1.165, 1.54) is 0 Å². The van der Waals surface area contributed by atoms with E-state index in [9.17, 15) is 14.7 Å². The second-order valence-electron chi connectivity index (χ2n) is 8.50. The van der Waals surface area contributed by atoms with Crippen molar-refractivity contribution in [1.82, 2.24) is 9.80 Å². The summed E-state index contributed by atoms with van der Waals surface area (Å²) in [4.78, 5) is 30.2. The number of fused-ring (bicyclic) bond motifs is 1. The van der Waals surface area contributed by atoms with Gasteiger partial charge in [-0.3, -0.25) is 9.59 Å². The summed E-state index contributed by atoms with van der Waals surface area (Å²) >= 11 is 0. The van der Waals surface area contributed by atoms with Crippen molar-refractivity contribution in [3.63, 3.8) is 0 Å². The van der Waals surface area contributed by atoms with Crippen molar-refractivity contribution >= 4 is 17.4 Å². The number of benzene rings is 2. The first-order valence-electron chi connectivity index (χ1n) is 12.0. The molecule has 0 unspecified atom stereocenters. The average molecular weight is 481 g/mol. The number of aliphatic hydroxyl groups excluding tert-OH is 1. The zero-order chi connectivity index (χ0) is 24.9. The third-order valence-electron chi connectivity index (χ3n) is 6.55. The van der Waals surface area contributed by atoms with Crippen molar-refractivity contribution in [2.75, 3.05) is 46.5 Å². The number of ether oxygens (including phenoxy) is 3. The van der Waals surface area contributed by atoms with Crippen LogP contribution in [0.15, 0.2) is 48.0 Å². The highest BCUT2D eigenvalue weighted by Gasteiger charge is 2.45. The Hall–Kier alpha value is -3.52. The standard InChI is InChI=1S/C27H32N2O6/c1-4-28(5-2)13-6-14-29-24(18-7-10-20(33-3)11-8-18)23(26(31)27(29)32)25(30)19-9-12-21-22(17-19)35-16-15-34-21/h7-12,17,24,30H,4-6,13-16H2,1-3H3/t24-/m0/s1. The summed E-state index contributed by atoms with van der Waals surface area (Å²) in [6.45, 7) is 8.10. The van der Waals surface area contributed by atoms with E-state index in [0.717, 1.165) is 25.2 Å². The van der Waals surface area contributed by atoms with Crippen molar-refractivity contribution < 1.29 is 28.9 Å². The highest BCUT2D eigenvalue weighted by molar-refractivity contribution is 6.46. The van der Waals surface area contributed by atoms with Gasteiger partial charge in [-0.05, 0) is 62.0 Å². The molecule has 2 aromatic carbocycles. The summed E-state index contributed by atoms with van der Waals surface area (Å²) in [5.74, 6) is 0.211. The number of hydrogen-bond acceptors (Lipinski definition) is 7. The molecule has 1 amide bonds. The Labute approximate surface area is 205 Å². The molecule has 0 bridgehead atoms. The van der Waals surface area contributed by atoms with Crippen molar-refractivity contribution in [3.8, 4) is 17.2 Å². The van der Waals surface area contributed by atoms with Gasteiger partial charge in [-0.25, -0.2) is 0 Å². The highest BCUT2D eigenvalue weighted by atomic mass is 16.6. The predicted octanol–water partition coefficient (Wildman–Crippen LogP) is 3.62. The first kappa shape index (κ1) is 24.6. The molecular formula is C27H32N2O6. The van der Waals surface area contributed by atoms with Crippen LogP contribution in [-0.2, 0) is 9.59 Å². The molecule has 1 fully saturated rings. The van der Waals surface area contributed by atoms with Crippen LogP contribution in [0.4, 0.5) is 0 Å². The van der Waals surface area contributed by atoms with Gasteiger partial charge in [0.1, 0.15) is 24.7 Å². The zero-order valence-corrected chi connectivity index (χ0v) is 20.5. The van der Waals surface area contributed by atoms with Crippen molar-refractivity contribution in [3.05, 3.63) is 59.2 Å². The molecule has 0 saturated carbocycles. The quantitative estimate of drug-likeness (QED) is 0.333. The van der Waals surface area contributed by atoms with Gasteiger partial charge in [0.15, 0.2) is 11.5 Å². The molecule has 2 aliphatic rings. The monoisotopic (exact) mass is 480 g/mol. The first-order valence-corrected chi connectivity index (χ1v) is 12.0. The van der Waals surface area contributed by atoms with Gasteiger partial charge in [0.25, 0.3) is 11.7 Å². The van der Waals surface area contributed by atoms with Gasteiger partial charge >= 0.3 is 0 Å². The second-order valence-corrected chi connectivity index (χ2v) is 8.50. The molecule has 35 heavy (non-hydrogen) atoms. The number of amides is 1. The Morgan fingerprint density at radius 3 is 2.40 bits per heavy atom. The van der Waals surface area contributed by atoms with Gasteiger partial charge in [0, 0.05) is 12.1 Å². The molecule has 2 aromatic rings. The molecule has 2 aliphatic heterocycles. The maximum Gasteiger partial charge on any atom is 0.295 e. The maximum absolute atomic E-state index is 13.2. The second kappa shape index (κ2) is 10.8. The number of rotatable bonds is 9. The number of Topliss-reactive ketones (excluding diaryl/α,β-unsaturated/α-hetero) is 1. The Morgan fingerprint density at radius 1 is 1.06 bits per heavy atom. The minimum Gasteiger partial charge on any atom is -0.507 e. The molecular weight excluding hydrogens is 448 g/mol. The fourth-order valence-electron chi connectivity index (χ4n) is 4.59. The van der Waals surface area contributed by atoms with E-state index in [1.807, 2.05) is 12.1 Å². The smallest absolute Gasteiger partial charge is 0.295 e. The van der Waals surface area contributed by atoms with E-state index >= 15 is 0 Å². The molecule has 1 N–H and O–H groups in total. The molecule has 8 nitrogen and oxygen atoms in total. The molecule has 4 rings (SSSR count). The minimum atomic E-state index is -0.703. The van der Waals surface area contributed by atoms with E-state index in [-0.39, 0.29) is 11.3 Å². The van der Waals surface area contributed by atoms with E-state index in [2.05, 4.69) is 18.7 Å². The van der Waals surface area contributed by atoms with E-state index in [4.69, 9.17) is 14.2 Å². The van der Waals surface area contributed by atoms with Crippen LogP contribution < -0.4 is 14.2 Å². The molecule has 0 aromatic heterocycles. The summed E-state index contributed by atoms with van der Waals surface area (Å²) in [5, 5.41) is 11.3. The summed E-state index contributed by atoms with van der Waals surface area (Å²) in [6, 6.07) is 11.5. The predicted molar refractivity (Wildman–Crippen MR) is 132 cm³/mol. The average Bonchev–Trinajstić information content (AvgIpc) is 3.15. The fraction of sp³-hybridized carbons (Fsp3) is 0.407. The van der Waals surface area contributed by atoms with Crippen LogP contribution in [0.3, 0.4) is 0 Å². The Kier molecular flexibility index (Phi) is 7.60. The summed E-state index contributed by atoms with van der Waals surface area (Å²) in [6.07, 6.45) is 0.714. The van der Waals surface area contributed by atoms with Crippen LogP contribution in [0.5, 0.6) is 17.2 Å². The molecule has 1 saturated heterocycles. The normalized spacial score (nSPS) is 18.9. The van der Waals surface area contributed by atoms with Crippen LogP contribution in [0.2, 0.25) is 0 Å². The van der Waals surface area contributed by atoms with Crippen molar-refractivity contribution in [2.45, 2.75) is 26.3 Å². The third kappa shape index (κ3) is 4.98. The largest absolute Gasteiger partial charge is 0.507 e. The first-order chi connectivity index (χ1) is 17.0. The topological polar surface area (TPSA) is 88.5 Å². The third-order valence-corrected chi connectivity index (χ3v) is 6.55. The lowest BCUT2D eigenvalue weighted by Gasteiger charge is -2.27. The number of nitrogens with zero attached hydrogens (tertiary/aromatic N) is 2.